The third kappa shape index (κ3) is 1.85. The van der Waals surface area contributed by atoms with E-state index < -0.39 is 11.9 Å². The molecule has 5 heteroatoms. The number of nitrogens with zero attached hydrogens (tertiary/aromatic N) is 3. The highest BCUT2D eigenvalue weighted by molar-refractivity contribution is 5.70. The summed E-state index contributed by atoms with van der Waals surface area (Å²) < 4.78 is 1.60. The average molecular weight is 183 g/mol. The Balaban J connectivity index is 2.85. The Morgan fingerprint density at radius 3 is 2.62 bits per heavy atom. The van der Waals surface area contributed by atoms with Crippen molar-refractivity contribution < 1.29 is 9.90 Å². The van der Waals surface area contributed by atoms with Crippen molar-refractivity contribution in [2.75, 3.05) is 0 Å². The molecule has 1 aromatic heterocycles. The number of hydrogen-bond donors (Lipinski definition) is 1. The van der Waals surface area contributed by atoms with Gasteiger partial charge in [0.15, 0.2) is 0 Å². The second-order valence-corrected chi connectivity index (χ2v) is 3.20. The van der Waals surface area contributed by atoms with Gasteiger partial charge >= 0.3 is 5.97 Å². The zero-order valence-electron chi connectivity index (χ0n) is 7.93. The van der Waals surface area contributed by atoms with Gasteiger partial charge in [-0.05, 0) is 0 Å². The van der Waals surface area contributed by atoms with Gasteiger partial charge in [-0.3, -0.25) is 9.48 Å². The summed E-state index contributed by atoms with van der Waals surface area (Å²) in [6.45, 7) is 3.54. The van der Waals surface area contributed by atoms with E-state index in [0.717, 1.165) is 5.69 Å². The summed E-state index contributed by atoms with van der Waals surface area (Å²) in [6, 6.07) is 0. The molecule has 0 aromatic carbocycles. The highest BCUT2D eigenvalue weighted by Gasteiger charge is 2.23. The third-order valence-corrected chi connectivity index (χ3v) is 2.36. The van der Waals surface area contributed by atoms with E-state index in [-0.39, 0.29) is 5.92 Å². The molecule has 72 valence electrons. The second-order valence-electron chi connectivity index (χ2n) is 3.20. The number of rotatable bonds is 3. The third-order valence-electron chi connectivity index (χ3n) is 2.36. The first kappa shape index (κ1) is 9.70. The molecule has 0 spiro atoms. The Bertz CT molecular complexity index is 308. The quantitative estimate of drug-likeness (QED) is 0.746. The molecule has 5 nitrogen and oxygen atoms in total. The minimum atomic E-state index is -0.797. The molecule has 2 atom stereocenters. The standard InChI is InChI=1S/C8H13N3O2/c1-5(6(2)8(12)13)7-4-9-10-11(7)3/h4-6H,1-3H3,(H,12,13). The van der Waals surface area contributed by atoms with Crippen LogP contribution >= 0.6 is 0 Å². The van der Waals surface area contributed by atoms with Gasteiger partial charge in [0.2, 0.25) is 0 Å². The van der Waals surface area contributed by atoms with Crippen LogP contribution in [-0.2, 0) is 11.8 Å². The van der Waals surface area contributed by atoms with Crippen LogP contribution in [0.2, 0.25) is 0 Å². The van der Waals surface area contributed by atoms with Crippen LogP contribution in [0.3, 0.4) is 0 Å². The molecule has 1 rings (SSSR count). The van der Waals surface area contributed by atoms with Gasteiger partial charge < -0.3 is 5.11 Å². The summed E-state index contributed by atoms with van der Waals surface area (Å²) in [4.78, 5) is 10.7. The number of carbonyl (C=O) groups is 1. The minimum Gasteiger partial charge on any atom is -0.481 e. The molecule has 0 radical (unpaired) electrons. The largest absolute Gasteiger partial charge is 0.481 e. The molecule has 1 N–H and O–H groups in total. The van der Waals surface area contributed by atoms with Gasteiger partial charge in [-0.1, -0.05) is 19.1 Å². The minimum absolute atomic E-state index is 0.0718. The van der Waals surface area contributed by atoms with E-state index in [0.29, 0.717) is 0 Å². The number of aliphatic carboxylic acids is 1. The van der Waals surface area contributed by atoms with Crippen LogP contribution in [0.1, 0.15) is 25.5 Å². The lowest BCUT2D eigenvalue weighted by Crippen LogP contribution is -2.18. The van der Waals surface area contributed by atoms with E-state index in [9.17, 15) is 4.79 Å². The van der Waals surface area contributed by atoms with E-state index in [1.165, 1.54) is 0 Å². The van der Waals surface area contributed by atoms with Crippen molar-refractivity contribution in [1.29, 1.82) is 0 Å². The lowest BCUT2D eigenvalue weighted by atomic mass is 9.93. The molecule has 0 saturated carbocycles. The summed E-state index contributed by atoms with van der Waals surface area (Å²) in [5.41, 5.74) is 0.843. The Morgan fingerprint density at radius 2 is 2.23 bits per heavy atom. The van der Waals surface area contributed by atoms with Gasteiger partial charge in [0.05, 0.1) is 17.8 Å². The van der Waals surface area contributed by atoms with Crippen LogP contribution in [0.5, 0.6) is 0 Å². The molecule has 0 bridgehead atoms. The van der Waals surface area contributed by atoms with Gasteiger partial charge in [-0.25, -0.2) is 0 Å². The fourth-order valence-corrected chi connectivity index (χ4v) is 1.18. The zero-order chi connectivity index (χ0) is 10.0. The van der Waals surface area contributed by atoms with Gasteiger partial charge in [-0.2, -0.15) is 0 Å². The van der Waals surface area contributed by atoms with Crippen molar-refractivity contribution in [3.05, 3.63) is 11.9 Å². The highest BCUT2D eigenvalue weighted by atomic mass is 16.4. The van der Waals surface area contributed by atoms with Crippen molar-refractivity contribution in [2.24, 2.45) is 13.0 Å². The molecule has 0 aliphatic carbocycles. The van der Waals surface area contributed by atoms with Crippen LogP contribution in [-0.4, -0.2) is 26.1 Å². The monoisotopic (exact) mass is 183 g/mol. The van der Waals surface area contributed by atoms with Gasteiger partial charge in [0.1, 0.15) is 0 Å². The summed E-state index contributed by atoms with van der Waals surface area (Å²) in [7, 11) is 1.76. The van der Waals surface area contributed by atoms with E-state index in [4.69, 9.17) is 5.11 Å². The molecule has 1 aromatic rings. The second kappa shape index (κ2) is 3.55. The SMILES string of the molecule is CC(C(=O)O)C(C)c1cnnn1C. The lowest BCUT2D eigenvalue weighted by Gasteiger charge is -2.14. The molecule has 0 aliphatic rings. The molecule has 0 amide bonds. The first-order valence-corrected chi connectivity index (χ1v) is 4.11. The molecule has 0 fully saturated rings. The van der Waals surface area contributed by atoms with Crippen LogP contribution < -0.4 is 0 Å². The summed E-state index contributed by atoms with van der Waals surface area (Å²) in [6.07, 6.45) is 1.60. The summed E-state index contributed by atoms with van der Waals surface area (Å²) >= 11 is 0. The smallest absolute Gasteiger partial charge is 0.306 e. The van der Waals surface area contributed by atoms with Crippen molar-refractivity contribution >= 4 is 5.97 Å². The van der Waals surface area contributed by atoms with E-state index >= 15 is 0 Å². The number of carboxylic acids is 1. The predicted molar refractivity (Wildman–Crippen MR) is 46.2 cm³/mol. The fourth-order valence-electron chi connectivity index (χ4n) is 1.18. The van der Waals surface area contributed by atoms with E-state index in [2.05, 4.69) is 10.3 Å². The maximum Gasteiger partial charge on any atom is 0.306 e. The summed E-state index contributed by atoms with van der Waals surface area (Å²) in [5, 5.41) is 16.2. The van der Waals surface area contributed by atoms with E-state index in [1.807, 2.05) is 6.92 Å². The number of carboxylic acid groups (broad SMARTS) is 1. The van der Waals surface area contributed by atoms with Crippen molar-refractivity contribution in [2.45, 2.75) is 19.8 Å². The first-order valence-electron chi connectivity index (χ1n) is 4.11. The molecular weight excluding hydrogens is 170 g/mol. The summed E-state index contributed by atoms with van der Waals surface area (Å²) in [5.74, 6) is -1.29. The number of aryl methyl sites for hydroxylation is 1. The lowest BCUT2D eigenvalue weighted by molar-refractivity contribution is -0.141. The normalized spacial score (nSPS) is 15.3. The highest BCUT2D eigenvalue weighted by Crippen LogP contribution is 2.22. The van der Waals surface area contributed by atoms with E-state index in [1.54, 1.807) is 24.9 Å². The van der Waals surface area contributed by atoms with Gasteiger partial charge in [0, 0.05) is 13.0 Å². The molecule has 0 saturated heterocycles. The molecular formula is C8H13N3O2. The molecule has 0 aliphatic heterocycles. The first-order chi connectivity index (χ1) is 6.04. The fraction of sp³-hybridized carbons (Fsp3) is 0.625. The van der Waals surface area contributed by atoms with Crippen LogP contribution in [0.25, 0.3) is 0 Å². The Hall–Kier alpha value is -1.39. The Morgan fingerprint density at radius 1 is 1.62 bits per heavy atom. The maximum atomic E-state index is 10.7. The number of hydrogen-bond acceptors (Lipinski definition) is 3. The van der Waals surface area contributed by atoms with Gasteiger partial charge in [0.25, 0.3) is 0 Å². The van der Waals surface area contributed by atoms with Crippen LogP contribution in [0.4, 0.5) is 0 Å². The number of aromatic nitrogens is 3. The van der Waals surface area contributed by atoms with Crippen LogP contribution in [0, 0.1) is 5.92 Å². The Kier molecular flexibility index (Phi) is 2.65. The van der Waals surface area contributed by atoms with Crippen LogP contribution in [0.15, 0.2) is 6.20 Å². The van der Waals surface area contributed by atoms with Crippen molar-refractivity contribution in [3.8, 4) is 0 Å². The average Bonchev–Trinajstić information content (AvgIpc) is 2.48. The molecule has 2 unspecified atom stereocenters. The topological polar surface area (TPSA) is 68.0 Å². The molecule has 13 heavy (non-hydrogen) atoms. The Labute approximate surface area is 76.4 Å². The van der Waals surface area contributed by atoms with Crippen molar-refractivity contribution in [1.82, 2.24) is 15.0 Å². The van der Waals surface area contributed by atoms with Gasteiger partial charge in [-0.15, -0.1) is 5.10 Å². The predicted octanol–water partition coefficient (Wildman–Crippen LogP) is 0.639. The maximum absolute atomic E-state index is 10.7. The molecule has 1 heterocycles. The zero-order valence-corrected chi connectivity index (χ0v) is 7.93. The van der Waals surface area contributed by atoms with Crippen molar-refractivity contribution in [3.63, 3.8) is 0 Å².